The van der Waals surface area contributed by atoms with Gasteiger partial charge in [-0.2, -0.15) is 4.39 Å². The van der Waals surface area contributed by atoms with Crippen molar-refractivity contribution in [1.29, 1.82) is 0 Å². The van der Waals surface area contributed by atoms with E-state index in [4.69, 9.17) is 11.6 Å². The van der Waals surface area contributed by atoms with Crippen LogP contribution in [0.3, 0.4) is 0 Å². The quantitative estimate of drug-likeness (QED) is 0.398. The summed E-state index contributed by atoms with van der Waals surface area (Å²) in [5, 5.41) is 7.01. The number of carbonyl (C=O) groups is 3. The Bertz CT molecular complexity index is 1330. The van der Waals surface area contributed by atoms with Crippen LogP contribution in [-0.2, 0) is 24.2 Å². The van der Waals surface area contributed by atoms with Gasteiger partial charge < -0.3 is 20.9 Å². The van der Waals surface area contributed by atoms with Crippen LogP contribution in [0.5, 0.6) is 0 Å². The number of halogens is 4. The number of benzene rings is 1. The zero-order chi connectivity index (χ0) is 29.4. The summed E-state index contributed by atoms with van der Waals surface area (Å²) in [5.41, 5.74) is 1.27. The average Bonchev–Trinajstić information content (AvgIpc) is 3.27. The monoisotopic (exact) mass is 604 g/mol. The van der Waals surface area contributed by atoms with E-state index in [9.17, 15) is 27.2 Å². The molecule has 9 nitrogen and oxygen atoms in total. The van der Waals surface area contributed by atoms with Gasteiger partial charge in [-0.3, -0.25) is 14.4 Å². The fourth-order valence-corrected chi connectivity index (χ4v) is 6.41. The number of sulfone groups is 1. The van der Waals surface area contributed by atoms with Crippen molar-refractivity contribution >= 4 is 44.8 Å². The van der Waals surface area contributed by atoms with Gasteiger partial charge in [-0.1, -0.05) is 17.7 Å². The molecule has 0 aromatic heterocycles. The zero-order valence-corrected chi connectivity index (χ0v) is 23.6. The van der Waals surface area contributed by atoms with Crippen molar-refractivity contribution in [2.75, 3.05) is 24.7 Å². The molecule has 220 valence electrons. The van der Waals surface area contributed by atoms with Crippen molar-refractivity contribution in [2.45, 2.75) is 63.1 Å². The molecule has 1 aromatic rings. The van der Waals surface area contributed by atoms with Crippen molar-refractivity contribution < 1.29 is 36.0 Å². The molecule has 3 saturated heterocycles. The van der Waals surface area contributed by atoms with E-state index in [1.54, 1.807) is 25.1 Å². The molecule has 0 radical (unpaired) electrons. The number of carbonyl (C=O) groups excluding carboxylic acids is 3. The second-order valence-electron chi connectivity index (χ2n) is 10.7. The van der Waals surface area contributed by atoms with Gasteiger partial charge >= 0.3 is 0 Å². The molecule has 0 unspecified atom stereocenters. The normalized spacial score (nSPS) is 26.8. The Kier molecular flexibility index (Phi) is 8.74. The average molecular weight is 605 g/mol. The SMILES string of the molecule is Cc1c(Cl)cccc1NCC(=O)N1[C@@H]2CC[C@H]([C@@H]1C(=O)N[C@H](/C=C(\F)S(C)(=O)=O)C[C@@H]1CCNC1=O)C(F)(F)C2. The lowest BCUT2D eigenvalue weighted by Crippen LogP contribution is -2.69. The van der Waals surface area contributed by atoms with E-state index in [0.29, 0.717) is 48.0 Å². The molecule has 1 aliphatic carbocycles. The number of hydrogen-bond donors (Lipinski definition) is 3. The van der Waals surface area contributed by atoms with Gasteiger partial charge in [0.1, 0.15) is 6.04 Å². The van der Waals surface area contributed by atoms with Crippen LogP contribution in [-0.4, -0.2) is 74.4 Å². The van der Waals surface area contributed by atoms with Crippen molar-refractivity contribution in [3.63, 3.8) is 0 Å². The molecule has 0 spiro atoms. The third-order valence-corrected chi connectivity index (χ3v) is 9.16. The summed E-state index contributed by atoms with van der Waals surface area (Å²) in [4.78, 5) is 40.3. The van der Waals surface area contributed by atoms with E-state index >= 15 is 8.78 Å². The minimum Gasteiger partial charge on any atom is -0.376 e. The first-order valence-corrected chi connectivity index (χ1v) is 15.3. The lowest BCUT2D eigenvalue weighted by Gasteiger charge is -2.53. The largest absolute Gasteiger partial charge is 0.376 e. The summed E-state index contributed by atoms with van der Waals surface area (Å²) in [6, 6.07) is 1.34. The summed E-state index contributed by atoms with van der Waals surface area (Å²) in [5.74, 6) is -7.20. The van der Waals surface area contributed by atoms with Gasteiger partial charge in [0.05, 0.1) is 18.5 Å². The smallest absolute Gasteiger partial charge is 0.255 e. The Morgan fingerprint density at radius 2 is 2.00 bits per heavy atom. The maximum Gasteiger partial charge on any atom is 0.255 e. The predicted octanol–water partition coefficient (Wildman–Crippen LogP) is 2.94. The number of nitrogens with zero attached hydrogens (tertiary/aromatic N) is 1. The highest BCUT2D eigenvalue weighted by atomic mass is 35.5. The van der Waals surface area contributed by atoms with Crippen molar-refractivity contribution in [3.05, 3.63) is 40.0 Å². The Hall–Kier alpha value is -2.80. The molecule has 3 amide bonds. The van der Waals surface area contributed by atoms with Crippen LogP contribution in [0.4, 0.5) is 18.9 Å². The Labute approximate surface area is 235 Å². The molecule has 3 N–H and O–H groups in total. The standard InChI is InChI=1S/C26H32ClF3N4O5S/c1-14-19(27)4-3-5-20(14)32-13-22(35)34-17-6-7-18(26(29,30)12-17)23(34)25(37)33-16(11-21(28)40(2,38)39)10-15-8-9-31-24(15)36/h3-5,11,15-18,23,32H,6-10,12-13H2,1-2H3,(H,31,36)(H,33,37)/b21-11+/t15-,16-,17+,18+,23+/m0/s1. The van der Waals surface area contributed by atoms with Crippen LogP contribution in [0.1, 0.15) is 37.7 Å². The number of piperidine rings is 2. The Balaban J connectivity index is 1.59. The molecule has 40 heavy (non-hydrogen) atoms. The van der Waals surface area contributed by atoms with E-state index in [1.165, 1.54) is 4.90 Å². The third kappa shape index (κ3) is 6.40. The highest BCUT2D eigenvalue weighted by molar-refractivity contribution is 7.94. The lowest BCUT2D eigenvalue weighted by molar-refractivity contribution is -0.193. The highest BCUT2D eigenvalue weighted by Gasteiger charge is 2.60. The molecule has 4 aliphatic rings. The number of nitrogens with one attached hydrogen (secondary N) is 3. The van der Waals surface area contributed by atoms with Crippen LogP contribution in [0.15, 0.2) is 29.4 Å². The van der Waals surface area contributed by atoms with Crippen LogP contribution in [0, 0.1) is 18.8 Å². The van der Waals surface area contributed by atoms with E-state index in [2.05, 4.69) is 16.0 Å². The minimum atomic E-state index is -4.26. The van der Waals surface area contributed by atoms with Crippen LogP contribution in [0.2, 0.25) is 5.02 Å². The van der Waals surface area contributed by atoms with E-state index < -0.39 is 69.1 Å². The van der Waals surface area contributed by atoms with E-state index in [0.717, 1.165) is 0 Å². The molecule has 1 aromatic carbocycles. The van der Waals surface area contributed by atoms with Crippen molar-refractivity contribution in [1.82, 2.24) is 15.5 Å². The van der Waals surface area contributed by atoms with E-state index in [-0.39, 0.29) is 25.3 Å². The number of rotatable bonds is 9. The van der Waals surface area contributed by atoms with Gasteiger partial charge in [0.2, 0.25) is 32.7 Å². The summed E-state index contributed by atoms with van der Waals surface area (Å²) in [7, 11) is -4.26. The molecule has 5 atom stereocenters. The third-order valence-electron chi connectivity index (χ3n) is 7.91. The number of alkyl halides is 2. The summed E-state index contributed by atoms with van der Waals surface area (Å²) in [6.07, 6.45) is 1.27. The molecule has 5 rings (SSSR count). The van der Waals surface area contributed by atoms with Gasteiger partial charge in [0, 0.05) is 41.9 Å². The van der Waals surface area contributed by atoms with Gasteiger partial charge in [-0.05, 0) is 56.4 Å². The molecule has 3 aliphatic heterocycles. The predicted molar refractivity (Wildman–Crippen MR) is 143 cm³/mol. The Morgan fingerprint density at radius 3 is 2.62 bits per heavy atom. The van der Waals surface area contributed by atoms with Gasteiger partial charge in [0.15, 0.2) is 0 Å². The second kappa shape index (κ2) is 11.6. The molecule has 14 heteroatoms. The topological polar surface area (TPSA) is 125 Å². The summed E-state index contributed by atoms with van der Waals surface area (Å²) < 4.78 is 67.9. The number of hydrogen-bond acceptors (Lipinski definition) is 6. The van der Waals surface area contributed by atoms with E-state index in [1.807, 2.05) is 0 Å². The first-order valence-electron chi connectivity index (χ1n) is 13.0. The van der Waals surface area contributed by atoms with Gasteiger partial charge in [-0.15, -0.1) is 0 Å². The maximum atomic E-state index is 15.0. The first kappa shape index (κ1) is 30.2. The number of anilines is 1. The minimum absolute atomic E-state index is 0.00357. The molecule has 4 fully saturated rings. The molecule has 2 bridgehead atoms. The fourth-order valence-electron chi connectivity index (χ4n) is 5.82. The van der Waals surface area contributed by atoms with Crippen LogP contribution in [0.25, 0.3) is 0 Å². The molecule has 3 heterocycles. The first-order chi connectivity index (χ1) is 18.7. The number of fused-ring (bicyclic) bond motifs is 3. The zero-order valence-electron chi connectivity index (χ0n) is 22.1. The highest BCUT2D eigenvalue weighted by Crippen LogP contribution is 2.49. The van der Waals surface area contributed by atoms with Crippen molar-refractivity contribution in [3.8, 4) is 0 Å². The van der Waals surface area contributed by atoms with Crippen LogP contribution >= 0.6 is 11.6 Å². The lowest BCUT2D eigenvalue weighted by atomic mass is 9.71. The molecule has 1 saturated carbocycles. The summed E-state index contributed by atoms with van der Waals surface area (Å²) in [6.45, 7) is 1.83. The number of amides is 3. The molecular weight excluding hydrogens is 573 g/mol. The van der Waals surface area contributed by atoms with Gasteiger partial charge in [-0.25, -0.2) is 17.2 Å². The van der Waals surface area contributed by atoms with Crippen molar-refractivity contribution in [2.24, 2.45) is 11.8 Å². The molecular formula is C26H32ClF3N4O5S. The van der Waals surface area contributed by atoms with Crippen LogP contribution < -0.4 is 16.0 Å². The maximum absolute atomic E-state index is 15.0. The second-order valence-corrected chi connectivity index (χ2v) is 13.0. The van der Waals surface area contributed by atoms with Gasteiger partial charge in [0.25, 0.3) is 5.92 Å². The Morgan fingerprint density at radius 1 is 1.27 bits per heavy atom. The fraction of sp³-hybridized carbons (Fsp3) is 0.577. The summed E-state index contributed by atoms with van der Waals surface area (Å²) >= 11 is 6.14.